The number of rotatable bonds is 10. The monoisotopic (exact) mass is 213 g/mol. The summed E-state index contributed by atoms with van der Waals surface area (Å²) in [5.74, 6) is 0.688. The minimum absolute atomic E-state index is 0.242. The van der Waals surface area contributed by atoms with Crippen molar-refractivity contribution in [2.75, 3.05) is 13.1 Å². The first-order valence-electron chi connectivity index (χ1n) is 6.45. The van der Waals surface area contributed by atoms with Crippen LogP contribution in [0.25, 0.3) is 0 Å². The molecule has 0 aromatic carbocycles. The van der Waals surface area contributed by atoms with E-state index < -0.39 is 0 Å². The summed E-state index contributed by atoms with van der Waals surface area (Å²) in [6.07, 6.45) is 6.39. The summed E-state index contributed by atoms with van der Waals surface area (Å²) in [7, 11) is 0. The molecule has 2 nitrogen and oxygen atoms in total. The van der Waals surface area contributed by atoms with Gasteiger partial charge in [0.25, 0.3) is 0 Å². The molecule has 90 valence electrons. The van der Waals surface area contributed by atoms with Gasteiger partial charge in [-0.15, -0.1) is 0 Å². The smallest absolute Gasteiger partial charge is 0.135 e. The molecule has 0 saturated carbocycles. The fraction of sp³-hybridized carbons (Fsp3) is 0.923. The van der Waals surface area contributed by atoms with Gasteiger partial charge in [-0.05, 0) is 32.4 Å². The maximum atomic E-state index is 11.7. The Hall–Kier alpha value is -0.370. The Morgan fingerprint density at radius 1 is 1.13 bits per heavy atom. The van der Waals surface area contributed by atoms with Crippen molar-refractivity contribution in [1.82, 2.24) is 5.32 Å². The minimum atomic E-state index is 0.242. The number of ketones is 1. The van der Waals surface area contributed by atoms with Gasteiger partial charge in [0.1, 0.15) is 5.78 Å². The van der Waals surface area contributed by atoms with E-state index in [0.717, 1.165) is 32.4 Å². The zero-order valence-electron chi connectivity index (χ0n) is 10.6. The first-order valence-corrected chi connectivity index (χ1v) is 6.45. The summed E-state index contributed by atoms with van der Waals surface area (Å²) in [5, 5.41) is 3.34. The molecule has 0 bridgehead atoms. The van der Waals surface area contributed by atoms with Crippen LogP contribution < -0.4 is 5.32 Å². The van der Waals surface area contributed by atoms with E-state index >= 15 is 0 Å². The zero-order chi connectivity index (χ0) is 11.5. The van der Waals surface area contributed by atoms with E-state index in [4.69, 9.17) is 0 Å². The number of nitrogens with one attached hydrogen (secondary N) is 1. The highest BCUT2D eigenvalue weighted by Crippen LogP contribution is 2.09. The van der Waals surface area contributed by atoms with Crippen LogP contribution in [0.1, 0.15) is 59.3 Å². The van der Waals surface area contributed by atoms with Gasteiger partial charge < -0.3 is 5.32 Å². The molecule has 0 saturated heterocycles. The molecule has 1 unspecified atom stereocenters. The van der Waals surface area contributed by atoms with Crippen LogP contribution in [0.5, 0.6) is 0 Å². The van der Waals surface area contributed by atoms with Crippen molar-refractivity contribution in [3.05, 3.63) is 0 Å². The predicted molar refractivity (Wildman–Crippen MR) is 66.1 cm³/mol. The van der Waals surface area contributed by atoms with Crippen molar-refractivity contribution in [3.8, 4) is 0 Å². The molecule has 0 aromatic heterocycles. The lowest BCUT2D eigenvalue weighted by molar-refractivity contribution is -0.122. The summed E-state index contributed by atoms with van der Waals surface area (Å²) >= 11 is 0. The molecule has 0 spiro atoms. The molecule has 0 aliphatic heterocycles. The van der Waals surface area contributed by atoms with E-state index in [1.807, 2.05) is 0 Å². The van der Waals surface area contributed by atoms with Gasteiger partial charge in [0.2, 0.25) is 0 Å². The van der Waals surface area contributed by atoms with Crippen molar-refractivity contribution in [2.45, 2.75) is 59.3 Å². The van der Waals surface area contributed by atoms with Crippen LogP contribution >= 0.6 is 0 Å². The summed E-state index contributed by atoms with van der Waals surface area (Å²) in [4.78, 5) is 11.7. The summed E-state index contributed by atoms with van der Waals surface area (Å²) < 4.78 is 0. The third-order valence-corrected chi connectivity index (χ3v) is 2.76. The van der Waals surface area contributed by atoms with Crippen LogP contribution in [0.4, 0.5) is 0 Å². The number of carbonyl (C=O) groups excluding carboxylic acids is 1. The lowest BCUT2D eigenvalue weighted by Crippen LogP contribution is -2.21. The standard InChI is InChI=1S/C13H27NO/c1-4-6-7-8-13(15)12(3)9-11-14-10-5-2/h12,14H,4-11H2,1-3H3. The molecule has 0 amide bonds. The number of Topliss-reactive ketones (excluding diaryl/α,β-unsaturated/α-hetero) is 1. The molecule has 1 N–H and O–H groups in total. The summed E-state index contributed by atoms with van der Waals surface area (Å²) in [6, 6.07) is 0. The van der Waals surface area contributed by atoms with E-state index in [1.165, 1.54) is 19.3 Å². The average molecular weight is 213 g/mol. The topological polar surface area (TPSA) is 29.1 Å². The van der Waals surface area contributed by atoms with Gasteiger partial charge in [0.15, 0.2) is 0 Å². The van der Waals surface area contributed by atoms with E-state index in [2.05, 4.69) is 26.1 Å². The number of unbranched alkanes of at least 4 members (excludes halogenated alkanes) is 2. The largest absolute Gasteiger partial charge is 0.317 e. The van der Waals surface area contributed by atoms with E-state index in [9.17, 15) is 4.79 Å². The normalized spacial score (nSPS) is 12.7. The lowest BCUT2D eigenvalue weighted by atomic mass is 9.98. The quantitative estimate of drug-likeness (QED) is 0.565. The molecular weight excluding hydrogens is 186 g/mol. The Bertz CT molecular complexity index is 157. The Morgan fingerprint density at radius 2 is 1.87 bits per heavy atom. The van der Waals surface area contributed by atoms with Gasteiger partial charge in [0, 0.05) is 12.3 Å². The van der Waals surface area contributed by atoms with Crippen LogP contribution in [0.2, 0.25) is 0 Å². The number of hydrogen-bond acceptors (Lipinski definition) is 2. The molecule has 1 atom stereocenters. The van der Waals surface area contributed by atoms with E-state index in [1.54, 1.807) is 0 Å². The fourth-order valence-electron chi connectivity index (χ4n) is 1.58. The highest BCUT2D eigenvalue weighted by atomic mass is 16.1. The van der Waals surface area contributed by atoms with Gasteiger partial charge in [-0.1, -0.05) is 33.6 Å². The molecule has 2 heteroatoms. The van der Waals surface area contributed by atoms with Gasteiger partial charge in [-0.25, -0.2) is 0 Å². The van der Waals surface area contributed by atoms with Crippen molar-refractivity contribution < 1.29 is 4.79 Å². The average Bonchev–Trinajstić information content (AvgIpc) is 2.24. The van der Waals surface area contributed by atoms with Crippen LogP contribution in [0.3, 0.4) is 0 Å². The third-order valence-electron chi connectivity index (χ3n) is 2.76. The summed E-state index contributed by atoms with van der Waals surface area (Å²) in [5.41, 5.74) is 0. The van der Waals surface area contributed by atoms with Gasteiger partial charge in [-0.3, -0.25) is 4.79 Å². The maximum absolute atomic E-state index is 11.7. The second-order valence-electron chi connectivity index (χ2n) is 4.36. The Morgan fingerprint density at radius 3 is 2.47 bits per heavy atom. The molecule has 0 radical (unpaired) electrons. The second-order valence-corrected chi connectivity index (χ2v) is 4.36. The summed E-state index contributed by atoms with van der Waals surface area (Å²) in [6.45, 7) is 8.43. The third kappa shape index (κ3) is 8.61. The van der Waals surface area contributed by atoms with Gasteiger partial charge >= 0.3 is 0 Å². The molecule has 0 rings (SSSR count). The molecule has 0 heterocycles. The Kier molecular flexibility index (Phi) is 9.91. The zero-order valence-corrected chi connectivity index (χ0v) is 10.6. The van der Waals surface area contributed by atoms with Crippen LogP contribution in [0.15, 0.2) is 0 Å². The first-order chi connectivity index (χ1) is 7.22. The van der Waals surface area contributed by atoms with Crippen LogP contribution in [0, 0.1) is 5.92 Å². The number of hydrogen-bond donors (Lipinski definition) is 1. The Labute approximate surface area is 94.8 Å². The molecule has 0 aliphatic carbocycles. The SMILES string of the molecule is CCCCCC(=O)C(C)CCNCCC. The highest BCUT2D eigenvalue weighted by Gasteiger charge is 2.11. The van der Waals surface area contributed by atoms with Crippen molar-refractivity contribution >= 4 is 5.78 Å². The van der Waals surface area contributed by atoms with Crippen LogP contribution in [-0.4, -0.2) is 18.9 Å². The Balaban J connectivity index is 3.42. The van der Waals surface area contributed by atoms with Crippen LogP contribution in [-0.2, 0) is 4.79 Å². The van der Waals surface area contributed by atoms with E-state index in [0.29, 0.717) is 5.78 Å². The fourth-order valence-corrected chi connectivity index (χ4v) is 1.58. The second kappa shape index (κ2) is 10.2. The van der Waals surface area contributed by atoms with Crippen molar-refractivity contribution in [2.24, 2.45) is 5.92 Å². The lowest BCUT2D eigenvalue weighted by Gasteiger charge is -2.10. The van der Waals surface area contributed by atoms with Gasteiger partial charge in [0.05, 0.1) is 0 Å². The molecule has 0 fully saturated rings. The number of carbonyl (C=O) groups is 1. The van der Waals surface area contributed by atoms with Crippen molar-refractivity contribution in [3.63, 3.8) is 0 Å². The molecule has 0 aliphatic rings. The molecule has 15 heavy (non-hydrogen) atoms. The molecular formula is C13H27NO. The van der Waals surface area contributed by atoms with E-state index in [-0.39, 0.29) is 5.92 Å². The predicted octanol–water partition coefficient (Wildman–Crippen LogP) is 3.16. The maximum Gasteiger partial charge on any atom is 0.135 e. The van der Waals surface area contributed by atoms with Crippen molar-refractivity contribution in [1.29, 1.82) is 0 Å². The van der Waals surface area contributed by atoms with Gasteiger partial charge in [-0.2, -0.15) is 0 Å². The highest BCUT2D eigenvalue weighted by molar-refractivity contribution is 5.80. The molecule has 0 aromatic rings. The minimum Gasteiger partial charge on any atom is -0.317 e. The first kappa shape index (κ1) is 14.6.